The summed E-state index contributed by atoms with van der Waals surface area (Å²) >= 11 is 0. The predicted octanol–water partition coefficient (Wildman–Crippen LogP) is 11.3. The van der Waals surface area contributed by atoms with E-state index in [2.05, 4.69) is 158 Å². The van der Waals surface area contributed by atoms with Gasteiger partial charge in [-0.2, -0.15) is 0 Å². The van der Waals surface area contributed by atoms with Gasteiger partial charge in [0, 0.05) is 0 Å². The topological polar surface area (TPSA) is 0 Å². The molecule has 40 heavy (non-hydrogen) atoms. The fraction of sp³-hybridized carbons (Fsp3) is 0. The Bertz CT molecular complexity index is 1950. The lowest BCUT2D eigenvalue weighted by Crippen LogP contribution is -1.91. The van der Waals surface area contributed by atoms with Crippen LogP contribution in [0.4, 0.5) is 0 Å². The van der Waals surface area contributed by atoms with Crippen LogP contribution in [0, 0.1) is 0 Å². The highest BCUT2D eigenvalue weighted by atomic mass is 14.2. The van der Waals surface area contributed by atoms with E-state index >= 15 is 0 Å². The molecule has 0 aliphatic carbocycles. The molecule has 0 nitrogen and oxygen atoms in total. The molecule has 8 aromatic rings. The molecule has 0 N–H and O–H groups in total. The van der Waals surface area contributed by atoms with Gasteiger partial charge in [0.25, 0.3) is 0 Å². The third kappa shape index (κ3) is 3.69. The standard InChI is InChI=1S/C40H26/c1-3-8-27(9-4-1)29-14-18-31(19-15-29)37-26-38(32-20-16-30(17-21-32)28-10-5-2-6-11-28)36-25-23-34-13-7-12-33-22-24-35(37)40(36)39(33)34/h1-26H. The van der Waals surface area contributed by atoms with Crippen molar-refractivity contribution in [3.63, 3.8) is 0 Å². The second-order valence-corrected chi connectivity index (χ2v) is 10.5. The maximum atomic E-state index is 2.40. The molecule has 0 aromatic heterocycles. The second kappa shape index (κ2) is 9.22. The summed E-state index contributed by atoms with van der Waals surface area (Å²) in [5, 5.41) is 7.88. The molecule has 0 amide bonds. The Morgan fingerprint density at radius 1 is 0.250 bits per heavy atom. The van der Waals surface area contributed by atoms with E-state index in [9.17, 15) is 0 Å². The summed E-state index contributed by atoms with van der Waals surface area (Å²) in [5.41, 5.74) is 9.96. The highest BCUT2D eigenvalue weighted by Crippen LogP contribution is 2.44. The zero-order chi connectivity index (χ0) is 26.5. The smallest absolute Gasteiger partial charge is 0.00143 e. The van der Waals surface area contributed by atoms with Crippen LogP contribution in [0.15, 0.2) is 158 Å². The van der Waals surface area contributed by atoms with E-state index in [-0.39, 0.29) is 0 Å². The Balaban J connectivity index is 1.36. The molecule has 0 atom stereocenters. The molecule has 0 aliphatic rings. The molecule has 0 radical (unpaired) electrons. The highest BCUT2D eigenvalue weighted by molar-refractivity contribution is 6.28. The van der Waals surface area contributed by atoms with Crippen LogP contribution in [0.25, 0.3) is 76.8 Å². The molecule has 8 aromatic carbocycles. The largest absolute Gasteiger partial charge is 0.0622 e. The van der Waals surface area contributed by atoms with Crippen molar-refractivity contribution in [2.45, 2.75) is 0 Å². The van der Waals surface area contributed by atoms with Crippen LogP contribution in [0.2, 0.25) is 0 Å². The first-order valence-electron chi connectivity index (χ1n) is 13.9. The van der Waals surface area contributed by atoms with E-state index < -0.39 is 0 Å². The van der Waals surface area contributed by atoms with Crippen LogP contribution in [0.1, 0.15) is 0 Å². The normalized spacial score (nSPS) is 11.5. The van der Waals surface area contributed by atoms with Crippen LogP contribution >= 0.6 is 0 Å². The van der Waals surface area contributed by atoms with E-state index in [4.69, 9.17) is 0 Å². The molecule has 0 spiro atoms. The van der Waals surface area contributed by atoms with Gasteiger partial charge in [-0.1, -0.05) is 152 Å². The molecule has 0 heteroatoms. The average Bonchev–Trinajstić information content (AvgIpc) is 3.04. The van der Waals surface area contributed by atoms with Gasteiger partial charge in [-0.25, -0.2) is 0 Å². The lowest BCUT2D eigenvalue weighted by molar-refractivity contribution is 1.59. The van der Waals surface area contributed by atoms with Crippen molar-refractivity contribution in [1.82, 2.24) is 0 Å². The average molecular weight is 507 g/mol. The van der Waals surface area contributed by atoms with Gasteiger partial charge in [-0.05, 0) is 82.9 Å². The molecule has 0 heterocycles. The molecular formula is C40H26. The van der Waals surface area contributed by atoms with E-state index in [0.29, 0.717) is 0 Å². The monoisotopic (exact) mass is 506 g/mol. The van der Waals surface area contributed by atoms with E-state index in [1.54, 1.807) is 0 Å². The van der Waals surface area contributed by atoms with E-state index in [1.165, 1.54) is 76.8 Å². The minimum Gasteiger partial charge on any atom is -0.0622 e. The van der Waals surface area contributed by atoms with E-state index in [0.717, 1.165) is 0 Å². The van der Waals surface area contributed by atoms with Crippen molar-refractivity contribution in [3.05, 3.63) is 158 Å². The maximum Gasteiger partial charge on any atom is -0.00143 e. The van der Waals surface area contributed by atoms with E-state index in [1.807, 2.05) is 0 Å². The van der Waals surface area contributed by atoms with Gasteiger partial charge >= 0.3 is 0 Å². The summed E-state index contributed by atoms with van der Waals surface area (Å²) in [4.78, 5) is 0. The van der Waals surface area contributed by atoms with Gasteiger partial charge in [-0.15, -0.1) is 0 Å². The van der Waals surface area contributed by atoms with Crippen LogP contribution in [-0.4, -0.2) is 0 Å². The molecule has 0 bridgehead atoms. The van der Waals surface area contributed by atoms with Crippen LogP contribution in [0.5, 0.6) is 0 Å². The second-order valence-electron chi connectivity index (χ2n) is 10.5. The van der Waals surface area contributed by atoms with Crippen molar-refractivity contribution < 1.29 is 0 Å². The quantitative estimate of drug-likeness (QED) is 0.208. The van der Waals surface area contributed by atoms with Crippen molar-refractivity contribution in [3.8, 4) is 44.5 Å². The Labute approximate surface area is 234 Å². The summed E-state index contributed by atoms with van der Waals surface area (Å²) in [7, 11) is 0. The third-order valence-electron chi connectivity index (χ3n) is 8.25. The van der Waals surface area contributed by atoms with Gasteiger partial charge in [0.2, 0.25) is 0 Å². The van der Waals surface area contributed by atoms with Gasteiger partial charge in [0.05, 0.1) is 0 Å². The molecule has 0 saturated heterocycles. The van der Waals surface area contributed by atoms with Gasteiger partial charge in [0.15, 0.2) is 0 Å². The van der Waals surface area contributed by atoms with Crippen LogP contribution in [-0.2, 0) is 0 Å². The first-order valence-corrected chi connectivity index (χ1v) is 13.9. The predicted molar refractivity (Wildman–Crippen MR) is 172 cm³/mol. The number of hydrogen-bond donors (Lipinski definition) is 0. The Hall–Kier alpha value is -5.20. The third-order valence-corrected chi connectivity index (χ3v) is 8.25. The van der Waals surface area contributed by atoms with Crippen LogP contribution in [0.3, 0.4) is 0 Å². The van der Waals surface area contributed by atoms with Crippen molar-refractivity contribution in [1.29, 1.82) is 0 Å². The molecule has 0 unspecified atom stereocenters. The number of benzene rings is 8. The fourth-order valence-electron chi connectivity index (χ4n) is 6.25. The molecule has 0 aliphatic heterocycles. The molecular weight excluding hydrogens is 480 g/mol. The summed E-state index contributed by atoms with van der Waals surface area (Å²) in [6.45, 7) is 0. The van der Waals surface area contributed by atoms with Crippen molar-refractivity contribution >= 4 is 32.3 Å². The summed E-state index contributed by atoms with van der Waals surface area (Å²) < 4.78 is 0. The number of rotatable bonds is 4. The highest BCUT2D eigenvalue weighted by Gasteiger charge is 2.16. The van der Waals surface area contributed by atoms with Crippen molar-refractivity contribution in [2.24, 2.45) is 0 Å². The van der Waals surface area contributed by atoms with Crippen LogP contribution < -0.4 is 0 Å². The Kier molecular flexibility index (Phi) is 5.24. The molecule has 0 saturated carbocycles. The Morgan fingerprint density at radius 2 is 0.650 bits per heavy atom. The lowest BCUT2D eigenvalue weighted by atomic mass is 9.85. The molecule has 8 rings (SSSR count). The lowest BCUT2D eigenvalue weighted by Gasteiger charge is -2.18. The van der Waals surface area contributed by atoms with Gasteiger partial charge in [0.1, 0.15) is 0 Å². The summed E-state index contributed by atoms with van der Waals surface area (Å²) in [5.74, 6) is 0. The molecule has 186 valence electrons. The number of hydrogen-bond acceptors (Lipinski definition) is 0. The zero-order valence-corrected chi connectivity index (χ0v) is 22.0. The first kappa shape index (κ1) is 22.8. The zero-order valence-electron chi connectivity index (χ0n) is 22.0. The summed E-state index contributed by atoms with van der Waals surface area (Å²) in [6, 6.07) is 57.5. The first-order chi connectivity index (χ1) is 19.8. The SMILES string of the molecule is c1ccc(-c2ccc(-c3cc(-c4ccc(-c5ccccc5)cc4)c4ccc5cccc6ccc3c4c65)cc2)cc1. The van der Waals surface area contributed by atoms with Gasteiger partial charge in [-0.3, -0.25) is 0 Å². The van der Waals surface area contributed by atoms with Gasteiger partial charge < -0.3 is 0 Å². The molecule has 0 fully saturated rings. The minimum absolute atomic E-state index is 1.23. The Morgan fingerprint density at radius 3 is 1.10 bits per heavy atom. The fourth-order valence-corrected chi connectivity index (χ4v) is 6.25. The minimum atomic E-state index is 1.23. The van der Waals surface area contributed by atoms with Crippen molar-refractivity contribution in [2.75, 3.05) is 0 Å². The maximum absolute atomic E-state index is 2.40. The summed E-state index contributed by atoms with van der Waals surface area (Å²) in [6.07, 6.45) is 0.